The van der Waals surface area contributed by atoms with Crippen molar-refractivity contribution in [1.29, 1.82) is 0 Å². The van der Waals surface area contributed by atoms with Gasteiger partial charge in [0.15, 0.2) is 0 Å². The van der Waals surface area contributed by atoms with Crippen LogP contribution in [0, 0.1) is 17.8 Å². The van der Waals surface area contributed by atoms with E-state index >= 15 is 0 Å². The molecule has 0 aromatic carbocycles. The van der Waals surface area contributed by atoms with Crippen LogP contribution in [0.3, 0.4) is 0 Å². The molecule has 1 spiro atoms. The first-order chi connectivity index (χ1) is 16.4. The van der Waals surface area contributed by atoms with Crippen LogP contribution in [-0.2, 0) is 19.1 Å². The van der Waals surface area contributed by atoms with Crippen LogP contribution in [-0.4, -0.2) is 93.6 Å². The molecule has 35 heavy (non-hydrogen) atoms. The van der Waals surface area contributed by atoms with E-state index in [0.29, 0.717) is 25.9 Å². The summed E-state index contributed by atoms with van der Waals surface area (Å²) >= 11 is 0. The number of carbonyl (C=O) groups is 3. The molecule has 3 fully saturated rings. The fourth-order valence-corrected chi connectivity index (χ4v) is 6.33. The van der Waals surface area contributed by atoms with Gasteiger partial charge in [0.05, 0.1) is 30.6 Å². The van der Waals surface area contributed by atoms with Crippen molar-refractivity contribution in [3.8, 4) is 0 Å². The Morgan fingerprint density at radius 2 is 1.89 bits per heavy atom. The van der Waals surface area contributed by atoms with Crippen LogP contribution in [0.25, 0.3) is 0 Å². The van der Waals surface area contributed by atoms with Crippen molar-refractivity contribution >= 4 is 17.7 Å². The molecule has 1 N–H and O–H groups in total. The largest absolute Gasteiger partial charge is 0.394 e. The van der Waals surface area contributed by atoms with Gasteiger partial charge in [-0.25, -0.2) is 0 Å². The van der Waals surface area contributed by atoms with Crippen molar-refractivity contribution in [1.82, 2.24) is 14.7 Å². The molecule has 3 aliphatic heterocycles. The third kappa shape index (κ3) is 4.33. The molecule has 3 saturated heterocycles. The second-order valence-corrected chi connectivity index (χ2v) is 11.4. The summed E-state index contributed by atoms with van der Waals surface area (Å²) < 4.78 is 6.54. The number of carbonyl (C=O) groups excluding carboxylic acids is 3. The highest BCUT2D eigenvalue weighted by molar-refractivity contribution is 5.99. The number of fused-ring (bicyclic) bond motifs is 1. The zero-order chi connectivity index (χ0) is 26.3. The minimum atomic E-state index is -1.08. The Hall–Kier alpha value is -2.19. The maximum Gasteiger partial charge on any atom is 0.249 e. The van der Waals surface area contributed by atoms with Gasteiger partial charge in [-0.2, -0.15) is 0 Å². The molecule has 3 heterocycles. The predicted octanol–water partition coefficient (Wildman–Crippen LogP) is 2.23. The summed E-state index contributed by atoms with van der Waals surface area (Å²) in [5.41, 5.74) is -1.60. The van der Waals surface area contributed by atoms with Gasteiger partial charge in [0.25, 0.3) is 0 Å². The van der Waals surface area contributed by atoms with Gasteiger partial charge in [0.2, 0.25) is 17.7 Å². The van der Waals surface area contributed by atoms with Crippen molar-refractivity contribution < 1.29 is 24.2 Å². The number of aliphatic hydroxyl groups is 1. The van der Waals surface area contributed by atoms with Gasteiger partial charge in [-0.15, -0.1) is 13.2 Å². The molecular formula is C27H43N3O5. The first-order valence-electron chi connectivity index (χ1n) is 12.8. The van der Waals surface area contributed by atoms with Gasteiger partial charge >= 0.3 is 0 Å². The Labute approximate surface area is 210 Å². The molecule has 0 saturated carbocycles. The SMILES string of the molecule is C=CCN(C)C(=O)[C@@H]1[C@H]2C(=O)N([C@@H](CO)[C@@H](C)CC)C(C(=O)N(CC=C)C(C)(C)C)C23CC[C@H]1O3. The van der Waals surface area contributed by atoms with Crippen LogP contribution in [0.1, 0.15) is 53.9 Å². The lowest BCUT2D eigenvalue weighted by Gasteiger charge is -2.44. The number of nitrogens with zero attached hydrogens (tertiary/aromatic N) is 3. The summed E-state index contributed by atoms with van der Waals surface area (Å²) in [6, 6.07) is -1.45. The highest BCUT2D eigenvalue weighted by atomic mass is 16.5. The summed E-state index contributed by atoms with van der Waals surface area (Å²) in [7, 11) is 1.70. The third-order valence-corrected chi connectivity index (χ3v) is 8.27. The molecule has 0 aromatic heterocycles. The van der Waals surface area contributed by atoms with Crippen LogP contribution in [0.5, 0.6) is 0 Å². The normalized spacial score (nSPS) is 31.2. The first-order valence-corrected chi connectivity index (χ1v) is 12.8. The number of rotatable bonds is 10. The molecule has 196 valence electrons. The Morgan fingerprint density at radius 3 is 2.40 bits per heavy atom. The highest BCUT2D eigenvalue weighted by Gasteiger charge is 2.75. The Morgan fingerprint density at radius 1 is 1.26 bits per heavy atom. The van der Waals surface area contributed by atoms with Gasteiger partial charge in [0, 0.05) is 25.7 Å². The number of ether oxygens (including phenoxy) is 1. The summed E-state index contributed by atoms with van der Waals surface area (Å²) in [5, 5.41) is 10.4. The monoisotopic (exact) mass is 489 g/mol. The van der Waals surface area contributed by atoms with Crippen molar-refractivity contribution in [2.24, 2.45) is 17.8 Å². The average Bonchev–Trinajstić information content (AvgIpc) is 3.44. The topological polar surface area (TPSA) is 90.4 Å². The lowest BCUT2D eigenvalue weighted by molar-refractivity contribution is -0.155. The quantitative estimate of drug-likeness (QED) is 0.475. The predicted molar refractivity (Wildman–Crippen MR) is 134 cm³/mol. The van der Waals surface area contributed by atoms with Crippen molar-refractivity contribution in [2.45, 2.75) is 83.2 Å². The average molecular weight is 490 g/mol. The van der Waals surface area contributed by atoms with E-state index in [-0.39, 0.29) is 30.2 Å². The van der Waals surface area contributed by atoms with Crippen LogP contribution in [0.15, 0.2) is 25.3 Å². The molecule has 0 radical (unpaired) electrons. The van der Waals surface area contributed by atoms with Crippen LogP contribution in [0.4, 0.5) is 0 Å². The standard InChI is InChI=1S/C27H43N3O5/c1-9-14-28(8)23(32)20-19-12-13-27(35-19)21(20)24(33)30(18(16-31)17(4)11-3)22(27)25(34)29(15-10-2)26(5,6)7/h9-10,17-22,31H,1-2,11-16H2,3-8H3/t17-,18-,19+,20-,21-,22?,27?/m0/s1. The Balaban J connectivity index is 2.15. The van der Waals surface area contributed by atoms with Gasteiger partial charge in [0.1, 0.15) is 11.6 Å². The first kappa shape index (κ1) is 27.4. The van der Waals surface area contributed by atoms with Crippen molar-refractivity contribution in [2.75, 3.05) is 26.7 Å². The smallest absolute Gasteiger partial charge is 0.249 e. The molecule has 7 atom stereocenters. The number of hydrogen-bond acceptors (Lipinski definition) is 5. The zero-order valence-corrected chi connectivity index (χ0v) is 22.2. The molecule has 8 nitrogen and oxygen atoms in total. The van der Waals surface area contributed by atoms with Crippen molar-refractivity contribution in [3.63, 3.8) is 0 Å². The van der Waals surface area contributed by atoms with Gasteiger partial charge < -0.3 is 24.5 Å². The minimum absolute atomic E-state index is 0.0354. The highest BCUT2D eigenvalue weighted by Crippen LogP contribution is 2.59. The van der Waals surface area contributed by atoms with E-state index in [9.17, 15) is 19.5 Å². The zero-order valence-electron chi connectivity index (χ0n) is 22.2. The van der Waals surface area contributed by atoms with Crippen molar-refractivity contribution in [3.05, 3.63) is 25.3 Å². The molecule has 3 amide bonds. The maximum absolute atomic E-state index is 14.3. The van der Waals surface area contributed by atoms with E-state index in [2.05, 4.69) is 13.2 Å². The van der Waals surface area contributed by atoms with Gasteiger partial charge in [-0.3, -0.25) is 14.4 Å². The van der Waals surface area contributed by atoms with E-state index in [1.807, 2.05) is 34.6 Å². The molecular weight excluding hydrogens is 446 g/mol. The van der Waals surface area contributed by atoms with E-state index < -0.39 is 41.2 Å². The number of likely N-dealkylation sites (tertiary alicyclic amines) is 1. The second-order valence-electron chi connectivity index (χ2n) is 11.4. The minimum Gasteiger partial charge on any atom is -0.394 e. The van der Waals surface area contributed by atoms with E-state index in [1.54, 1.807) is 33.9 Å². The summed E-state index contributed by atoms with van der Waals surface area (Å²) in [4.78, 5) is 46.9. The Kier molecular flexibility index (Phi) is 7.87. The van der Waals surface area contributed by atoms with Gasteiger partial charge in [-0.1, -0.05) is 32.4 Å². The van der Waals surface area contributed by atoms with Gasteiger partial charge in [-0.05, 0) is 39.5 Å². The second kappa shape index (κ2) is 10.1. The molecule has 8 heteroatoms. The lowest BCUT2D eigenvalue weighted by atomic mass is 9.70. The van der Waals surface area contributed by atoms with E-state index in [0.717, 1.165) is 6.42 Å². The van der Waals surface area contributed by atoms with E-state index in [4.69, 9.17) is 4.74 Å². The number of hydrogen-bond donors (Lipinski definition) is 1. The van der Waals surface area contributed by atoms with Crippen LogP contribution >= 0.6 is 0 Å². The van der Waals surface area contributed by atoms with Crippen LogP contribution in [0.2, 0.25) is 0 Å². The molecule has 3 rings (SSSR count). The maximum atomic E-state index is 14.3. The molecule has 2 unspecified atom stereocenters. The van der Waals surface area contributed by atoms with E-state index in [1.165, 1.54) is 0 Å². The summed E-state index contributed by atoms with van der Waals surface area (Å²) in [6.07, 6.45) is 4.81. The number of likely N-dealkylation sites (N-methyl/N-ethyl adjacent to an activating group) is 1. The molecule has 3 aliphatic rings. The Bertz CT molecular complexity index is 867. The molecule has 0 aliphatic carbocycles. The number of aliphatic hydroxyl groups excluding tert-OH is 1. The summed E-state index contributed by atoms with van der Waals surface area (Å²) in [5.74, 6) is -2.08. The van der Waals surface area contributed by atoms with Crippen LogP contribution < -0.4 is 0 Å². The lowest BCUT2D eigenvalue weighted by Crippen LogP contribution is -2.62. The third-order valence-electron chi connectivity index (χ3n) is 8.27. The fourth-order valence-electron chi connectivity index (χ4n) is 6.33. The fraction of sp³-hybridized carbons (Fsp3) is 0.741. The molecule has 2 bridgehead atoms. The number of amides is 3. The molecule has 0 aromatic rings. The summed E-state index contributed by atoms with van der Waals surface area (Å²) in [6.45, 7) is 17.8.